The second-order valence-corrected chi connectivity index (χ2v) is 9.05. The van der Waals surface area contributed by atoms with Gasteiger partial charge in [0.1, 0.15) is 27.9 Å². The van der Waals surface area contributed by atoms with Gasteiger partial charge in [-0.05, 0) is 42.0 Å². The summed E-state index contributed by atoms with van der Waals surface area (Å²) in [6, 6.07) is 12.9. The number of pyridine rings is 1. The van der Waals surface area contributed by atoms with E-state index in [1.54, 1.807) is 30.6 Å². The highest BCUT2D eigenvalue weighted by atomic mass is 32.2. The van der Waals surface area contributed by atoms with Crippen molar-refractivity contribution in [2.45, 2.75) is 11.4 Å². The lowest BCUT2D eigenvalue weighted by atomic mass is 10.1. The molecule has 0 unspecified atom stereocenters. The number of para-hydroxylation sites is 1. The Labute approximate surface area is 183 Å². The third kappa shape index (κ3) is 3.93. The molecule has 0 aliphatic heterocycles. The van der Waals surface area contributed by atoms with Gasteiger partial charge in [0.25, 0.3) is 0 Å². The summed E-state index contributed by atoms with van der Waals surface area (Å²) in [6.45, 7) is 0.0493. The van der Waals surface area contributed by atoms with Crippen LogP contribution in [-0.2, 0) is 16.6 Å². The zero-order chi connectivity index (χ0) is 22.9. The molecule has 2 N–H and O–H groups in total. The minimum atomic E-state index is -4.14. The quantitative estimate of drug-likeness (QED) is 0.463. The number of hydrogen-bond acceptors (Lipinski definition) is 6. The molecule has 2 heterocycles. The number of aromatic hydroxyl groups is 2. The minimum Gasteiger partial charge on any atom is -0.507 e. The molecule has 4 aromatic rings. The molecule has 0 bridgehead atoms. The number of nitrogens with zero attached hydrogens (tertiary/aromatic N) is 4. The first-order valence-corrected chi connectivity index (χ1v) is 10.9. The fourth-order valence-corrected chi connectivity index (χ4v) is 4.53. The van der Waals surface area contributed by atoms with E-state index in [9.17, 15) is 23.0 Å². The Morgan fingerprint density at radius 2 is 1.72 bits per heavy atom. The van der Waals surface area contributed by atoms with Crippen molar-refractivity contribution in [2.75, 3.05) is 7.05 Å². The molecule has 164 valence electrons. The van der Waals surface area contributed by atoms with Crippen LogP contribution in [-0.4, -0.2) is 44.7 Å². The molecule has 8 nitrogen and oxygen atoms in total. The molecular formula is C22H19FN4O4S. The Hall–Kier alpha value is -3.76. The van der Waals surface area contributed by atoms with E-state index in [1.165, 1.54) is 42.2 Å². The van der Waals surface area contributed by atoms with Crippen molar-refractivity contribution < 1.29 is 23.0 Å². The van der Waals surface area contributed by atoms with Crippen molar-refractivity contribution in [1.82, 2.24) is 19.1 Å². The van der Waals surface area contributed by atoms with Crippen LogP contribution in [0.15, 0.2) is 78.1 Å². The summed E-state index contributed by atoms with van der Waals surface area (Å²) in [5.74, 6) is -1.53. The molecular weight excluding hydrogens is 435 g/mol. The van der Waals surface area contributed by atoms with E-state index in [2.05, 4.69) is 10.1 Å². The summed E-state index contributed by atoms with van der Waals surface area (Å²) in [7, 11) is -2.76. The van der Waals surface area contributed by atoms with Crippen LogP contribution in [0.25, 0.3) is 16.9 Å². The van der Waals surface area contributed by atoms with Gasteiger partial charge >= 0.3 is 0 Å². The molecule has 0 fully saturated rings. The number of rotatable bonds is 6. The Morgan fingerprint density at radius 1 is 1.00 bits per heavy atom. The molecule has 0 atom stereocenters. The van der Waals surface area contributed by atoms with E-state index in [0.29, 0.717) is 5.56 Å². The maximum atomic E-state index is 14.3. The Balaban J connectivity index is 1.79. The van der Waals surface area contributed by atoms with E-state index in [0.717, 1.165) is 16.4 Å². The fraction of sp³-hybridized carbons (Fsp3) is 0.0909. The molecule has 10 heteroatoms. The number of sulfonamides is 1. The van der Waals surface area contributed by atoms with Crippen molar-refractivity contribution in [3.8, 4) is 28.4 Å². The predicted octanol–water partition coefficient (Wildman–Crippen LogP) is 3.31. The summed E-state index contributed by atoms with van der Waals surface area (Å²) >= 11 is 0. The molecule has 2 aromatic carbocycles. The number of aromatic nitrogens is 3. The van der Waals surface area contributed by atoms with Gasteiger partial charge in [-0.3, -0.25) is 4.98 Å². The van der Waals surface area contributed by atoms with Crippen LogP contribution in [0, 0.1) is 5.82 Å². The van der Waals surface area contributed by atoms with Gasteiger partial charge in [0.2, 0.25) is 10.0 Å². The van der Waals surface area contributed by atoms with Gasteiger partial charge in [-0.1, -0.05) is 12.1 Å². The maximum Gasteiger partial charge on any atom is 0.246 e. The lowest BCUT2D eigenvalue weighted by Gasteiger charge is -2.19. The van der Waals surface area contributed by atoms with E-state index in [4.69, 9.17) is 0 Å². The van der Waals surface area contributed by atoms with Gasteiger partial charge in [-0.2, -0.15) is 9.40 Å². The number of phenols is 2. The average molecular weight is 454 g/mol. The molecule has 0 amide bonds. The van der Waals surface area contributed by atoms with Gasteiger partial charge in [-0.15, -0.1) is 0 Å². The van der Waals surface area contributed by atoms with Crippen molar-refractivity contribution in [1.29, 1.82) is 0 Å². The van der Waals surface area contributed by atoms with Crippen LogP contribution < -0.4 is 0 Å². The van der Waals surface area contributed by atoms with Gasteiger partial charge < -0.3 is 10.2 Å². The highest BCUT2D eigenvalue weighted by molar-refractivity contribution is 7.89. The highest BCUT2D eigenvalue weighted by Crippen LogP contribution is 2.38. The fourth-order valence-electron chi connectivity index (χ4n) is 3.29. The van der Waals surface area contributed by atoms with Gasteiger partial charge in [0, 0.05) is 37.6 Å². The Morgan fingerprint density at radius 3 is 2.44 bits per heavy atom. The van der Waals surface area contributed by atoms with Gasteiger partial charge in [0.15, 0.2) is 0 Å². The summed E-state index contributed by atoms with van der Waals surface area (Å²) < 4.78 is 43.0. The standard InChI is InChI=1S/C22H19FN4O4S/c1-26(14-15-6-9-24-10-7-15)32(30,31)22-12-16(20(28)13-21(22)29)18-8-11-25-27(18)19-5-3-2-4-17(19)23/h2-13,28-29H,14H2,1H3. The molecule has 32 heavy (non-hydrogen) atoms. The molecule has 0 aliphatic carbocycles. The minimum absolute atomic E-state index is 0.0493. The molecule has 2 aromatic heterocycles. The maximum absolute atomic E-state index is 14.3. The monoisotopic (exact) mass is 454 g/mol. The second kappa shape index (κ2) is 8.40. The second-order valence-electron chi connectivity index (χ2n) is 7.03. The topological polar surface area (TPSA) is 109 Å². The van der Waals surface area contributed by atoms with E-state index < -0.39 is 26.5 Å². The third-order valence-corrected chi connectivity index (χ3v) is 6.75. The zero-order valence-corrected chi connectivity index (χ0v) is 17.7. The number of halogens is 1. The molecule has 4 rings (SSSR count). The summed E-state index contributed by atoms with van der Waals surface area (Å²) in [4.78, 5) is 3.51. The zero-order valence-electron chi connectivity index (χ0n) is 16.9. The SMILES string of the molecule is CN(Cc1ccncc1)S(=O)(=O)c1cc(-c2ccnn2-c2ccccc2F)c(O)cc1O. The van der Waals surface area contributed by atoms with Gasteiger partial charge in [-0.25, -0.2) is 17.5 Å². The lowest BCUT2D eigenvalue weighted by molar-refractivity contribution is 0.430. The van der Waals surface area contributed by atoms with Crippen molar-refractivity contribution in [2.24, 2.45) is 0 Å². The average Bonchev–Trinajstić information content (AvgIpc) is 3.24. The predicted molar refractivity (Wildman–Crippen MR) is 115 cm³/mol. The van der Waals surface area contributed by atoms with Crippen molar-refractivity contribution in [3.05, 3.63) is 84.6 Å². The Kier molecular flexibility index (Phi) is 5.64. The molecule has 0 aliphatic rings. The van der Waals surface area contributed by atoms with Crippen LogP contribution in [0.2, 0.25) is 0 Å². The van der Waals surface area contributed by atoms with Crippen LogP contribution in [0.4, 0.5) is 4.39 Å². The van der Waals surface area contributed by atoms with E-state index >= 15 is 0 Å². The highest BCUT2D eigenvalue weighted by Gasteiger charge is 2.27. The van der Waals surface area contributed by atoms with Crippen molar-refractivity contribution >= 4 is 10.0 Å². The number of phenolic OH excluding ortho intramolecular Hbond substituents is 2. The summed E-state index contributed by atoms with van der Waals surface area (Å²) in [5.41, 5.74) is 1.15. The van der Waals surface area contributed by atoms with Crippen LogP contribution in [0.1, 0.15) is 5.56 Å². The number of hydrogen-bond donors (Lipinski definition) is 2. The largest absolute Gasteiger partial charge is 0.507 e. The smallest absolute Gasteiger partial charge is 0.246 e. The normalized spacial score (nSPS) is 11.7. The summed E-state index contributed by atoms with van der Waals surface area (Å²) in [6.07, 6.45) is 4.50. The first-order valence-electron chi connectivity index (χ1n) is 9.49. The first-order chi connectivity index (χ1) is 15.3. The third-order valence-electron chi connectivity index (χ3n) is 4.92. The summed E-state index contributed by atoms with van der Waals surface area (Å²) in [5, 5.41) is 24.9. The molecule has 0 saturated carbocycles. The van der Waals surface area contributed by atoms with Crippen molar-refractivity contribution in [3.63, 3.8) is 0 Å². The van der Waals surface area contributed by atoms with Crippen LogP contribution >= 0.6 is 0 Å². The van der Waals surface area contributed by atoms with Crippen LogP contribution in [0.5, 0.6) is 11.5 Å². The Bertz CT molecular complexity index is 1370. The number of benzene rings is 2. The van der Waals surface area contributed by atoms with Crippen LogP contribution in [0.3, 0.4) is 0 Å². The molecule has 0 saturated heterocycles. The molecule has 0 spiro atoms. The molecule has 0 radical (unpaired) electrons. The van der Waals surface area contributed by atoms with Gasteiger partial charge in [0.05, 0.1) is 11.9 Å². The lowest BCUT2D eigenvalue weighted by Crippen LogP contribution is -2.26. The first kappa shape index (κ1) is 21.5. The van der Waals surface area contributed by atoms with E-state index in [-0.39, 0.29) is 29.2 Å². The van der Waals surface area contributed by atoms with E-state index in [1.807, 2.05) is 0 Å².